The van der Waals surface area contributed by atoms with Gasteiger partial charge < -0.3 is 20.1 Å². The van der Waals surface area contributed by atoms with Gasteiger partial charge in [-0.1, -0.05) is 0 Å². The molecule has 0 radical (unpaired) electrons. The van der Waals surface area contributed by atoms with Gasteiger partial charge in [0, 0.05) is 19.1 Å². The molecular weight excluding hydrogens is 256 g/mol. The summed E-state index contributed by atoms with van der Waals surface area (Å²) in [6.45, 7) is 8.67. The first-order valence-electron chi connectivity index (χ1n) is 7.72. The second kappa shape index (κ2) is 6.31. The molecule has 0 aromatic heterocycles. The highest BCUT2D eigenvalue weighted by molar-refractivity contribution is 5.68. The fourth-order valence-electron chi connectivity index (χ4n) is 3.03. The minimum atomic E-state index is -0.444. The number of nitrogens with one attached hydrogen (secondary N) is 1. The Balaban J connectivity index is 1.71. The predicted molar refractivity (Wildman–Crippen MR) is 77.6 cm³/mol. The molecule has 1 saturated heterocycles. The normalized spacial score (nSPS) is 31.5. The summed E-state index contributed by atoms with van der Waals surface area (Å²) in [5.41, 5.74) is -0.444. The average molecular weight is 284 g/mol. The van der Waals surface area contributed by atoms with Crippen molar-refractivity contribution in [2.45, 2.75) is 64.2 Å². The van der Waals surface area contributed by atoms with Gasteiger partial charge in [0.15, 0.2) is 0 Å². The molecule has 2 N–H and O–H groups in total. The van der Waals surface area contributed by atoms with Crippen LogP contribution in [-0.2, 0) is 4.74 Å². The molecule has 5 heteroatoms. The van der Waals surface area contributed by atoms with Gasteiger partial charge in [-0.15, -0.1) is 0 Å². The van der Waals surface area contributed by atoms with E-state index in [0.29, 0.717) is 5.92 Å². The third-order valence-corrected chi connectivity index (χ3v) is 3.95. The average Bonchev–Trinajstić information content (AvgIpc) is 2.24. The summed E-state index contributed by atoms with van der Waals surface area (Å²) < 4.78 is 5.30. The number of hydrogen-bond donors (Lipinski definition) is 2. The largest absolute Gasteiger partial charge is 0.444 e. The van der Waals surface area contributed by atoms with E-state index in [1.807, 2.05) is 20.8 Å². The number of rotatable bonds is 3. The monoisotopic (exact) mass is 284 g/mol. The lowest BCUT2D eigenvalue weighted by Gasteiger charge is -2.39. The van der Waals surface area contributed by atoms with Crippen molar-refractivity contribution >= 4 is 6.09 Å². The third kappa shape index (κ3) is 4.94. The zero-order valence-electron chi connectivity index (χ0n) is 12.9. The van der Waals surface area contributed by atoms with Crippen molar-refractivity contribution in [3.63, 3.8) is 0 Å². The van der Waals surface area contributed by atoms with Crippen LogP contribution in [0.4, 0.5) is 4.79 Å². The highest BCUT2D eigenvalue weighted by atomic mass is 16.6. The van der Waals surface area contributed by atoms with Crippen LogP contribution in [0.3, 0.4) is 0 Å². The maximum Gasteiger partial charge on any atom is 0.407 e. The molecule has 2 fully saturated rings. The van der Waals surface area contributed by atoms with Crippen molar-refractivity contribution in [1.29, 1.82) is 0 Å². The maximum atomic E-state index is 11.8. The molecule has 0 spiro atoms. The first kappa shape index (κ1) is 15.6. The summed E-state index contributed by atoms with van der Waals surface area (Å²) >= 11 is 0. The minimum Gasteiger partial charge on any atom is -0.444 e. The van der Waals surface area contributed by atoms with Gasteiger partial charge in [-0.3, -0.25) is 0 Å². The molecule has 0 unspecified atom stereocenters. The minimum absolute atomic E-state index is 0.0829. The molecule has 2 aliphatic rings. The van der Waals surface area contributed by atoms with Gasteiger partial charge in [-0.25, -0.2) is 4.79 Å². The van der Waals surface area contributed by atoms with Crippen LogP contribution in [0.5, 0.6) is 0 Å². The molecule has 2 rings (SSSR count). The van der Waals surface area contributed by atoms with Gasteiger partial charge >= 0.3 is 6.09 Å². The third-order valence-electron chi connectivity index (χ3n) is 3.95. The SMILES string of the molecule is CC(C)(C)OC(=O)N[C@@H]1CCCN(CC2CC(O)C2)C1. The van der Waals surface area contributed by atoms with Crippen LogP contribution in [0, 0.1) is 5.92 Å². The number of carbonyl (C=O) groups excluding carboxylic acids is 1. The van der Waals surface area contributed by atoms with Crippen molar-refractivity contribution in [1.82, 2.24) is 10.2 Å². The van der Waals surface area contributed by atoms with E-state index in [2.05, 4.69) is 10.2 Å². The number of piperidine rings is 1. The van der Waals surface area contributed by atoms with E-state index in [0.717, 1.165) is 45.3 Å². The summed E-state index contributed by atoms with van der Waals surface area (Å²) in [5, 5.41) is 12.3. The van der Waals surface area contributed by atoms with Crippen molar-refractivity contribution in [2.24, 2.45) is 5.92 Å². The fourth-order valence-corrected chi connectivity index (χ4v) is 3.03. The number of aliphatic hydroxyl groups excluding tert-OH is 1. The van der Waals surface area contributed by atoms with Crippen LogP contribution in [0.1, 0.15) is 46.5 Å². The molecule has 1 heterocycles. The number of amides is 1. The molecule has 5 nitrogen and oxygen atoms in total. The van der Waals surface area contributed by atoms with Gasteiger partial charge in [0.05, 0.1) is 6.10 Å². The zero-order valence-corrected chi connectivity index (χ0v) is 12.9. The molecule has 1 amide bonds. The number of carbonyl (C=O) groups is 1. The molecule has 1 saturated carbocycles. The second-order valence-electron chi connectivity index (χ2n) is 7.24. The topological polar surface area (TPSA) is 61.8 Å². The van der Waals surface area contributed by atoms with Crippen molar-refractivity contribution in [2.75, 3.05) is 19.6 Å². The Morgan fingerprint density at radius 3 is 2.70 bits per heavy atom. The van der Waals surface area contributed by atoms with Crippen LogP contribution in [-0.4, -0.2) is 53.5 Å². The highest BCUT2D eigenvalue weighted by Gasteiger charge is 2.31. The van der Waals surface area contributed by atoms with Gasteiger partial charge in [-0.05, 0) is 58.9 Å². The van der Waals surface area contributed by atoms with E-state index in [1.165, 1.54) is 0 Å². The highest BCUT2D eigenvalue weighted by Crippen LogP contribution is 2.28. The summed E-state index contributed by atoms with van der Waals surface area (Å²) in [6, 6.07) is 0.184. The van der Waals surface area contributed by atoms with E-state index in [9.17, 15) is 9.90 Å². The van der Waals surface area contributed by atoms with Crippen molar-refractivity contribution < 1.29 is 14.6 Å². The Labute approximate surface area is 121 Å². The first-order valence-corrected chi connectivity index (χ1v) is 7.72. The molecule has 20 heavy (non-hydrogen) atoms. The molecule has 1 aliphatic heterocycles. The van der Waals surface area contributed by atoms with E-state index in [-0.39, 0.29) is 18.2 Å². The number of alkyl carbamates (subject to hydrolysis) is 1. The predicted octanol–water partition coefficient (Wildman–Crippen LogP) is 1.75. The van der Waals surface area contributed by atoms with Gasteiger partial charge in [0.25, 0.3) is 0 Å². The van der Waals surface area contributed by atoms with E-state index >= 15 is 0 Å². The molecule has 1 atom stereocenters. The number of ether oxygens (including phenoxy) is 1. The standard InChI is InChI=1S/C15H28N2O3/c1-15(2,3)20-14(19)16-12-5-4-6-17(10-12)9-11-7-13(18)8-11/h11-13,18H,4-10H2,1-3H3,(H,16,19)/t11?,12-,13?/m1/s1. The van der Waals surface area contributed by atoms with Crippen LogP contribution >= 0.6 is 0 Å². The number of hydrogen-bond acceptors (Lipinski definition) is 4. The quantitative estimate of drug-likeness (QED) is 0.829. The fraction of sp³-hybridized carbons (Fsp3) is 0.933. The second-order valence-corrected chi connectivity index (χ2v) is 7.24. The summed E-state index contributed by atoms with van der Waals surface area (Å²) in [7, 11) is 0. The number of aliphatic hydroxyl groups is 1. The summed E-state index contributed by atoms with van der Waals surface area (Å²) in [4.78, 5) is 14.2. The van der Waals surface area contributed by atoms with Gasteiger partial charge in [0.2, 0.25) is 0 Å². The lowest BCUT2D eigenvalue weighted by molar-refractivity contribution is 0.0174. The molecule has 0 aromatic carbocycles. The summed E-state index contributed by atoms with van der Waals surface area (Å²) in [5.74, 6) is 0.630. The Bertz CT molecular complexity index is 335. The Kier molecular flexibility index (Phi) is 4.91. The molecule has 1 aliphatic carbocycles. The van der Waals surface area contributed by atoms with Crippen molar-refractivity contribution in [3.8, 4) is 0 Å². The molecule has 0 bridgehead atoms. The Hall–Kier alpha value is -0.810. The Morgan fingerprint density at radius 1 is 1.40 bits per heavy atom. The molecule has 0 aromatic rings. The maximum absolute atomic E-state index is 11.8. The summed E-state index contributed by atoms with van der Waals surface area (Å²) in [6.07, 6.45) is 3.59. The van der Waals surface area contributed by atoms with Crippen LogP contribution < -0.4 is 5.32 Å². The van der Waals surface area contributed by atoms with Gasteiger partial charge in [0.1, 0.15) is 5.60 Å². The lowest BCUT2D eigenvalue weighted by atomic mass is 9.82. The Morgan fingerprint density at radius 2 is 2.10 bits per heavy atom. The lowest BCUT2D eigenvalue weighted by Crippen LogP contribution is -2.51. The van der Waals surface area contributed by atoms with E-state index in [4.69, 9.17) is 4.74 Å². The number of nitrogens with zero attached hydrogens (tertiary/aromatic N) is 1. The van der Waals surface area contributed by atoms with E-state index < -0.39 is 5.60 Å². The number of likely N-dealkylation sites (tertiary alicyclic amines) is 1. The molecule has 116 valence electrons. The van der Waals surface area contributed by atoms with E-state index in [1.54, 1.807) is 0 Å². The van der Waals surface area contributed by atoms with Crippen molar-refractivity contribution in [3.05, 3.63) is 0 Å². The zero-order chi connectivity index (χ0) is 14.8. The smallest absolute Gasteiger partial charge is 0.407 e. The van der Waals surface area contributed by atoms with Crippen LogP contribution in [0.2, 0.25) is 0 Å². The molecular formula is C15H28N2O3. The van der Waals surface area contributed by atoms with Crippen LogP contribution in [0.25, 0.3) is 0 Å². The first-order chi connectivity index (χ1) is 9.32. The van der Waals surface area contributed by atoms with Gasteiger partial charge in [-0.2, -0.15) is 0 Å². The van der Waals surface area contributed by atoms with Crippen LogP contribution in [0.15, 0.2) is 0 Å².